The third kappa shape index (κ3) is 3.12. The van der Waals surface area contributed by atoms with Crippen molar-refractivity contribution in [1.82, 2.24) is 4.98 Å². The van der Waals surface area contributed by atoms with Gasteiger partial charge in [-0.15, -0.1) is 0 Å². The predicted molar refractivity (Wildman–Crippen MR) is 117 cm³/mol. The first-order valence-electron chi connectivity index (χ1n) is 10.0. The average Bonchev–Trinajstić information content (AvgIpc) is 3.09. The number of aromatic nitrogens is 1. The molecule has 1 aliphatic carbocycles. The van der Waals surface area contributed by atoms with Crippen molar-refractivity contribution in [3.8, 4) is 33.4 Å². The lowest BCUT2D eigenvalue weighted by Gasteiger charge is -2.29. The van der Waals surface area contributed by atoms with E-state index in [9.17, 15) is 23.1 Å². The van der Waals surface area contributed by atoms with Crippen molar-refractivity contribution in [2.45, 2.75) is 11.8 Å². The van der Waals surface area contributed by atoms with Crippen molar-refractivity contribution in [2.24, 2.45) is 0 Å². The van der Waals surface area contributed by atoms with Gasteiger partial charge in [0, 0.05) is 29.1 Å². The van der Waals surface area contributed by atoms with Crippen LogP contribution in [0.1, 0.15) is 21.5 Å². The van der Waals surface area contributed by atoms with Gasteiger partial charge in [-0.2, -0.15) is 13.2 Å². The molecular weight excluding hydrogens is 431 g/mol. The van der Waals surface area contributed by atoms with Crippen molar-refractivity contribution in [3.05, 3.63) is 102 Å². The number of benzene rings is 3. The molecule has 33 heavy (non-hydrogen) atoms. The summed E-state index contributed by atoms with van der Waals surface area (Å²) in [7, 11) is 0. The molecule has 0 spiro atoms. The highest BCUT2D eigenvalue weighted by Crippen LogP contribution is 2.58. The minimum atomic E-state index is -4.97. The molecule has 5 rings (SSSR count). The summed E-state index contributed by atoms with van der Waals surface area (Å²) in [5, 5.41) is 20.3. The Bertz CT molecular complexity index is 1380. The zero-order chi connectivity index (χ0) is 23.4. The lowest BCUT2D eigenvalue weighted by atomic mass is 9.86. The molecule has 0 saturated carbocycles. The first-order chi connectivity index (χ1) is 15.7. The molecule has 0 bridgehead atoms. The molecule has 0 amide bonds. The molecule has 0 radical (unpaired) electrons. The van der Waals surface area contributed by atoms with Crippen molar-refractivity contribution in [1.29, 1.82) is 0 Å². The number of carboxylic acid groups (broad SMARTS) is 1. The van der Waals surface area contributed by atoms with Gasteiger partial charge >= 0.3 is 12.1 Å². The first kappa shape index (κ1) is 20.9. The third-order valence-electron chi connectivity index (χ3n) is 5.96. The van der Waals surface area contributed by atoms with Crippen molar-refractivity contribution >= 4 is 5.97 Å². The van der Waals surface area contributed by atoms with Crippen LogP contribution in [0.4, 0.5) is 13.2 Å². The number of carbonyl (C=O) groups is 1. The van der Waals surface area contributed by atoms with Crippen LogP contribution in [0.25, 0.3) is 33.4 Å². The second-order valence-corrected chi connectivity index (χ2v) is 7.82. The number of alkyl halides is 3. The smallest absolute Gasteiger partial charge is 0.425 e. The first-order valence-corrected chi connectivity index (χ1v) is 10.0. The minimum absolute atomic E-state index is 0.0617. The molecule has 4 nitrogen and oxygen atoms in total. The normalized spacial score (nSPS) is 16.8. The molecule has 2 N–H and O–H groups in total. The summed E-state index contributed by atoms with van der Waals surface area (Å²) in [6.07, 6.45) is -1.84. The number of halogens is 3. The maximum absolute atomic E-state index is 14.4. The van der Waals surface area contributed by atoms with Gasteiger partial charge in [0.05, 0.1) is 5.56 Å². The van der Waals surface area contributed by atoms with Crippen LogP contribution in [0, 0.1) is 0 Å². The average molecular weight is 447 g/mol. The van der Waals surface area contributed by atoms with E-state index in [4.69, 9.17) is 5.11 Å². The Balaban J connectivity index is 1.85. The summed E-state index contributed by atoms with van der Waals surface area (Å²) in [5.74, 6) is -1.10. The number of nitrogens with zero attached hydrogens (tertiary/aromatic N) is 1. The summed E-state index contributed by atoms with van der Waals surface area (Å²) in [5.41, 5.74) is -0.994. The Morgan fingerprint density at radius 1 is 0.818 bits per heavy atom. The molecule has 0 aliphatic heterocycles. The summed E-state index contributed by atoms with van der Waals surface area (Å²) < 4.78 is 43.2. The van der Waals surface area contributed by atoms with Crippen LogP contribution in [-0.2, 0) is 5.60 Å². The molecule has 3 aromatic carbocycles. The number of hydrogen-bond acceptors (Lipinski definition) is 3. The number of fused-ring (bicyclic) bond motifs is 3. The molecule has 1 unspecified atom stereocenters. The van der Waals surface area contributed by atoms with Crippen molar-refractivity contribution in [2.75, 3.05) is 0 Å². The molecule has 7 heteroatoms. The van der Waals surface area contributed by atoms with E-state index >= 15 is 0 Å². The van der Waals surface area contributed by atoms with Gasteiger partial charge in [0.15, 0.2) is 0 Å². The number of hydrogen-bond donors (Lipinski definition) is 2. The van der Waals surface area contributed by atoms with E-state index in [0.29, 0.717) is 33.4 Å². The Labute approximate surface area is 186 Å². The molecule has 4 aromatic rings. The maximum Gasteiger partial charge on any atom is 0.425 e. The van der Waals surface area contributed by atoms with Gasteiger partial charge in [-0.25, -0.2) is 4.79 Å². The van der Waals surface area contributed by atoms with E-state index in [1.54, 1.807) is 42.7 Å². The van der Waals surface area contributed by atoms with E-state index in [2.05, 4.69) is 4.98 Å². The molecule has 1 atom stereocenters. The summed E-state index contributed by atoms with van der Waals surface area (Å²) in [6.45, 7) is 0. The van der Waals surface area contributed by atoms with Gasteiger partial charge in [0.25, 0.3) is 0 Å². The SMILES string of the molecule is O=C(O)c1ccc(-c2cc(-c3cccnc3)c3c(c2)C(O)(C(F)(F)F)c2ccccc2-3)cc1. The fraction of sp³-hybridized carbons (Fsp3) is 0.0769. The van der Waals surface area contributed by atoms with E-state index in [-0.39, 0.29) is 16.7 Å². The quantitative estimate of drug-likeness (QED) is 0.411. The molecule has 0 saturated heterocycles. The zero-order valence-electron chi connectivity index (χ0n) is 17.0. The number of rotatable bonds is 3. The monoisotopic (exact) mass is 447 g/mol. The van der Waals surface area contributed by atoms with Crippen LogP contribution in [0.15, 0.2) is 85.2 Å². The maximum atomic E-state index is 14.4. The fourth-order valence-electron chi connectivity index (χ4n) is 4.41. The highest BCUT2D eigenvalue weighted by Gasteiger charge is 2.61. The fourth-order valence-corrected chi connectivity index (χ4v) is 4.41. The molecule has 0 fully saturated rings. The van der Waals surface area contributed by atoms with Gasteiger partial charge in [0.2, 0.25) is 5.60 Å². The highest BCUT2D eigenvalue weighted by molar-refractivity contribution is 5.95. The Kier molecular flexibility index (Phi) is 4.61. The Morgan fingerprint density at radius 3 is 2.18 bits per heavy atom. The van der Waals surface area contributed by atoms with E-state index in [1.807, 2.05) is 0 Å². The van der Waals surface area contributed by atoms with Crippen LogP contribution in [0.3, 0.4) is 0 Å². The van der Waals surface area contributed by atoms with Gasteiger partial charge in [-0.3, -0.25) is 4.98 Å². The summed E-state index contributed by atoms with van der Waals surface area (Å²) >= 11 is 0. The Hall–Kier alpha value is -3.97. The topological polar surface area (TPSA) is 70.4 Å². The largest absolute Gasteiger partial charge is 0.478 e. The number of aliphatic hydroxyl groups is 1. The third-order valence-corrected chi connectivity index (χ3v) is 5.96. The number of pyridine rings is 1. The van der Waals surface area contributed by atoms with Crippen molar-refractivity contribution in [3.63, 3.8) is 0 Å². The molecule has 164 valence electrons. The van der Waals surface area contributed by atoms with Gasteiger partial charge < -0.3 is 10.2 Å². The van der Waals surface area contributed by atoms with Gasteiger partial charge in [-0.05, 0) is 58.1 Å². The minimum Gasteiger partial charge on any atom is -0.478 e. The molecule has 1 aliphatic rings. The standard InChI is InChI=1S/C26H16F3NO3/c27-26(28,29)25(33)21-6-2-1-5-19(21)23-20(17-4-3-11-30-14-17)12-18(13-22(23)25)15-7-9-16(10-8-15)24(31)32/h1-14,33H,(H,31,32). The summed E-state index contributed by atoms with van der Waals surface area (Å²) in [4.78, 5) is 15.3. The van der Waals surface area contributed by atoms with E-state index in [0.717, 1.165) is 0 Å². The van der Waals surface area contributed by atoms with Crippen molar-refractivity contribution < 1.29 is 28.2 Å². The second-order valence-electron chi connectivity index (χ2n) is 7.82. The van der Waals surface area contributed by atoms with E-state index < -0.39 is 17.7 Å². The second kappa shape index (κ2) is 7.28. The van der Waals surface area contributed by atoms with Gasteiger partial charge in [0.1, 0.15) is 0 Å². The number of carboxylic acids is 1. The molecular formula is C26H16F3NO3. The van der Waals surface area contributed by atoms with Crippen LogP contribution in [0.2, 0.25) is 0 Å². The Morgan fingerprint density at radius 2 is 1.55 bits per heavy atom. The van der Waals surface area contributed by atoms with Crippen LogP contribution < -0.4 is 0 Å². The highest BCUT2D eigenvalue weighted by atomic mass is 19.4. The lowest BCUT2D eigenvalue weighted by molar-refractivity contribution is -0.246. The van der Waals surface area contributed by atoms with Crippen LogP contribution in [-0.4, -0.2) is 27.3 Å². The van der Waals surface area contributed by atoms with Gasteiger partial charge in [-0.1, -0.05) is 42.5 Å². The van der Waals surface area contributed by atoms with Crippen LogP contribution in [0.5, 0.6) is 0 Å². The predicted octanol–water partition coefficient (Wildman–Crippen LogP) is 5.89. The molecule has 1 heterocycles. The van der Waals surface area contributed by atoms with E-state index in [1.165, 1.54) is 42.5 Å². The lowest BCUT2D eigenvalue weighted by Crippen LogP contribution is -2.41. The zero-order valence-corrected chi connectivity index (χ0v) is 17.0. The number of aromatic carboxylic acids is 1. The summed E-state index contributed by atoms with van der Waals surface area (Å²) in [6, 6.07) is 18.3. The molecule has 1 aromatic heterocycles. The van der Waals surface area contributed by atoms with Crippen LogP contribution >= 0.6 is 0 Å².